The molecule has 0 saturated carbocycles. The third-order valence-electron chi connectivity index (χ3n) is 3.46. The molecule has 6 nitrogen and oxygen atoms in total. The van der Waals surface area contributed by atoms with Crippen molar-refractivity contribution in [3.05, 3.63) is 23.8 Å². The van der Waals surface area contributed by atoms with Crippen LogP contribution in [0.3, 0.4) is 0 Å². The molecule has 0 aliphatic heterocycles. The number of aromatic carboxylic acids is 1. The second kappa shape index (κ2) is 5.79. The summed E-state index contributed by atoms with van der Waals surface area (Å²) in [4.78, 5) is 27.4. The second-order valence-electron chi connectivity index (χ2n) is 4.75. The van der Waals surface area contributed by atoms with E-state index in [0.29, 0.717) is 21.8 Å². The van der Waals surface area contributed by atoms with E-state index in [-0.39, 0.29) is 11.5 Å². The van der Waals surface area contributed by atoms with Crippen LogP contribution in [0.4, 0.5) is 5.13 Å². The Labute approximate surface area is 125 Å². The summed E-state index contributed by atoms with van der Waals surface area (Å²) in [7, 11) is 1.49. The van der Waals surface area contributed by atoms with Crippen molar-refractivity contribution in [1.29, 1.82) is 0 Å². The summed E-state index contributed by atoms with van der Waals surface area (Å²) in [5.74, 6) is -1.26. The van der Waals surface area contributed by atoms with Gasteiger partial charge in [-0.05, 0) is 31.5 Å². The SMILES string of the molecule is CCC(C)(OC)C(=O)Nc1nc2ccc(C(=O)O)cc2s1. The van der Waals surface area contributed by atoms with Crippen LogP contribution in [0.25, 0.3) is 10.2 Å². The molecule has 1 heterocycles. The summed E-state index contributed by atoms with van der Waals surface area (Å²) in [6, 6.07) is 4.65. The summed E-state index contributed by atoms with van der Waals surface area (Å²) in [5.41, 5.74) is -0.0698. The Kier molecular flexibility index (Phi) is 4.24. The maximum absolute atomic E-state index is 12.2. The Morgan fingerprint density at radius 2 is 2.19 bits per heavy atom. The lowest BCUT2D eigenvalue weighted by molar-refractivity contribution is -0.136. The molecule has 0 aliphatic carbocycles. The monoisotopic (exact) mass is 308 g/mol. The Morgan fingerprint density at radius 1 is 1.48 bits per heavy atom. The number of hydrogen-bond acceptors (Lipinski definition) is 5. The molecule has 2 N–H and O–H groups in total. The number of fused-ring (bicyclic) bond motifs is 1. The van der Waals surface area contributed by atoms with Gasteiger partial charge in [0.2, 0.25) is 0 Å². The molecular weight excluding hydrogens is 292 g/mol. The molecule has 0 spiro atoms. The Balaban J connectivity index is 2.27. The van der Waals surface area contributed by atoms with Crippen molar-refractivity contribution in [2.24, 2.45) is 0 Å². The third kappa shape index (κ3) is 3.03. The molecule has 0 aliphatic rings. The Hall–Kier alpha value is -1.99. The Morgan fingerprint density at radius 3 is 2.76 bits per heavy atom. The summed E-state index contributed by atoms with van der Waals surface area (Å²) in [6.07, 6.45) is 0.531. The van der Waals surface area contributed by atoms with Gasteiger partial charge in [0, 0.05) is 7.11 Å². The molecule has 0 saturated heterocycles. The van der Waals surface area contributed by atoms with Crippen LogP contribution in [-0.4, -0.2) is 34.7 Å². The summed E-state index contributed by atoms with van der Waals surface area (Å²) in [5, 5.41) is 12.1. The first-order valence-electron chi connectivity index (χ1n) is 6.40. The molecule has 7 heteroatoms. The number of anilines is 1. The minimum absolute atomic E-state index is 0.194. The zero-order valence-corrected chi connectivity index (χ0v) is 12.8. The number of rotatable bonds is 5. The van der Waals surface area contributed by atoms with Crippen LogP contribution in [0.15, 0.2) is 18.2 Å². The predicted molar refractivity (Wildman–Crippen MR) is 80.9 cm³/mol. The first kappa shape index (κ1) is 15.4. The van der Waals surface area contributed by atoms with Gasteiger partial charge in [-0.15, -0.1) is 0 Å². The van der Waals surface area contributed by atoms with Crippen LogP contribution < -0.4 is 5.32 Å². The minimum atomic E-state index is -0.992. The molecular formula is C14H16N2O4S. The maximum atomic E-state index is 12.2. The normalized spacial score (nSPS) is 13.9. The fourth-order valence-corrected chi connectivity index (χ4v) is 2.64. The molecule has 0 radical (unpaired) electrons. The van der Waals surface area contributed by atoms with Crippen LogP contribution in [0, 0.1) is 0 Å². The van der Waals surface area contributed by atoms with Gasteiger partial charge in [-0.2, -0.15) is 0 Å². The van der Waals surface area contributed by atoms with Gasteiger partial charge in [0.1, 0.15) is 5.60 Å². The van der Waals surface area contributed by atoms with Gasteiger partial charge in [0.15, 0.2) is 5.13 Å². The van der Waals surface area contributed by atoms with E-state index in [4.69, 9.17) is 9.84 Å². The topological polar surface area (TPSA) is 88.5 Å². The van der Waals surface area contributed by atoms with Crippen molar-refractivity contribution in [1.82, 2.24) is 4.98 Å². The quantitative estimate of drug-likeness (QED) is 0.886. The van der Waals surface area contributed by atoms with Crippen molar-refractivity contribution in [2.75, 3.05) is 12.4 Å². The number of nitrogens with zero attached hydrogens (tertiary/aromatic N) is 1. The molecule has 0 bridgehead atoms. The van der Waals surface area contributed by atoms with Crippen molar-refractivity contribution >= 4 is 38.6 Å². The fourth-order valence-electron chi connectivity index (χ4n) is 1.74. The zero-order valence-electron chi connectivity index (χ0n) is 12.0. The minimum Gasteiger partial charge on any atom is -0.478 e. The number of aromatic nitrogens is 1. The number of carboxylic acid groups (broad SMARTS) is 1. The number of thiazole rings is 1. The summed E-state index contributed by atoms with van der Waals surface area (Å²) < 4.78 is 5.94. The third-order valence-corrected chi connectivity index (χ3v) is 4.39. The number of carbonyl (C=O) groups is 2. The number of carboxylic acids is 1. The average Bonchev–Trinajstić information content (AvgIpc) is 2.87. The number of methoxy groups -OCH3 is 1. The molecule has 112 valence electrons. The molecule has 1 unspecified atom stereocenters. The number of nitrogens with one attached hydrogen (secondary N) is 1. The van der Waals surface area contributed by atoms with E-state index >= 15 is 0 Å². The van der Waals surface area contributed by atoms with Crippen LogP contribution >= 0.6 is 11.3 Å². The van der Waals surface area contributed by atoms with E-state index < -0.39 is 11.6 Å². The molecule has 1 amide bonds. The van der Waals surface area contributed by atoms with E-state index in [1.54, 1.807) is 19.1 Å². The van der Waals surface area contributed by atoms with Gasteiger partial charge < -0.3 is 9.84 Å². The van der Waals surface area contributed by atoms with Gasteiger partial charge in [-0.25, -0.2) is 9.78 Å². The number of carbonyl (C=O) groups excluding carboxylic acids is 1. The smallest absolute Gasteiger partial charge is 0.335 e. The van der Waals surface area contributed by atoms with Crippen LogP contribution in [-0.2, 0) is 9.53 Å². The summed E-state index contributed by atoms with van der Waals surface area (Å²) >= 11 is 1.23. The van der Waals surface area contributed by atoms with E-state index in [2.05, 4.69) is 10.3 Å². The number of benzene rings is 1. The maximum Gasteiger partial charge on any atom is 0.335 e. The number of amides is 1. The fraction of sp³-hybridized carbons (Fsp3) is 0.357. The molecule has 1 aromatic heterocycles. The van der Waals surface area contributed by atoms with E-state index in [1.807, 2.05) is 6.92 Å². The van der Waals surface area contributed by atoms with Crippen molar-refractivity contribution in [3.63, 3.8) is 0 Å². The van der Waals surface area contributed by atoms with Gasteiger partial charge >= 0.3 is 5.97 Å². The molecule has 2 rings (SSSR count). The molecule has 0 fully saturated rings. The molecule has 1 aromatic carbocycles. The number of ether oxygens (including phenoxy) is 1. The van der Waals surface area contributed by atoms with Crippen molar-refractivity contribution in [3.8, 4) is 0 Å². The lowest BCUT2D eigenvalue weighted by Gasteiger charge is -2.24. The van der Waals surface area contributed by atoms with Crippen molar-refractivity contribution < 1.29 is 19.4 Å². The first-order valence-corrected chi connectivity index (χ1v) is 7.21. The highest BCUT2D eigenvalue weighted by atomic mass is 32.1. The van der Waals surface area contributed by atoms with Crippen LogP contribution in [0.1, 0.15) is 30.6 Å². The van der Waals surface area contributed by atoms with E-state index in [0.717, 1.165) is 0 Å². The van der Waals surface area contributed by atoms with Crippen molar-refractivity contribution in [2.45, 2.75) is 25.9 Å². The van der Waals surface area contributed by atoms with Gasteiger partial charge in [-0.1, -0.05) is 18.3 Å². The van der Waals surface area contributed by atoms with Gasteiger partial charge in [0.25, 0.3) is 5.91 Å². The van der Waals surface area contributed by atoms with Gasteiger partial charge in [-0.3, -0.25) is 10.1 Å². The molecule has 2 aromatic rings. The Bertz CT molecular complexity index is 691. The second-order valence-corrected chi connectivity index (χ2v) is 5.78. The summed E-state index contributed by atoms with van der Waals surface area (Å²) in [6.45, 7) is 3.57. The lowest BCUT2D eigenvalue weighted by Crippen LogP contribution is -2.41. The first-order chi connectivity index (χ1) is 9.89. The largest absolute Gasteiger partial charge is 0.478 e. The number of hydrogen-bond donors (Lipinski definition) is 2. The van der Waals surface area contributed by atoms with E-state index in [1.165, 1.54) is 24.5 Å². The highest BCUT2D eigenvalue weighted by Crippen LogP contribution is 2.28. The molecule has 1 atom stereocenters. The van der Waals surface area contributed by atoms with Crippen LogP contribution in [0.5, 0.6) is 0 Å². The van der Waals surface area contributed by atoms with E-state index in [9.17, 15) is 9.59 Å². The zero-order chi connectivity index (χ0) is 15.6. The van der Waals surface area contributed by atoms with Gasteiger partial charge in [0.05, 0.1) is 15.8 Å². The molecule has 21 heavy (non-hydrogen) atoms. The highest BCUT2D eigenvalue weighted by molar-refractivity contribution is 7.22. The lowest BCUT2D eigenvalue weighted by atomic mass is 10.0. The highest BCUT2D eigenvalue weighted by Gasteiger charge is 2.31. The standard InChI is InChI=1S/C14H16N2O4S/c1-4-14(2,20-3)12(19)16-13-15-9-6-5-8(11(17)18)7-10(9)21-13/h5-7H,4H2,1-3H3,(H,17,18)(H,15,16,19). The predicted octanol–water partition coefficient (Wildman–Crippen LogP) is 2.75. The average molecular weight is 308 g/mol. The van der Waals surface area contributed by atoms with Crippen LogP contribution in [0.2, 0.25) is 0 Å².